The van der Waals surface area contributed by atoms with Crippen LogP contribution in [0, 0.1) is 17.5 Å². The molecule has 0 unspecified atom stereocenters. The predicted octanol–water partition coefficient (Wildman–Crippen LogP) is 2.46. The van der Waals surface area contributed by atoms with Gasteiger partial charge in [-0.1, -0.05) is 11.6 Å². The Morgan fingerprint density at radius 1 is 1.23 bits per heavy atom. The van der Waals surface area contributed by atoms with Crippen molar-refractivity contribution < 1.29 is 23.1 Å². The van der Waals surface area contributed by atoms with E-state index in [2.05, 4.69) is 0 Å². The van der Waals surface area contributed by atoms with Crippen LogP contribution in [-0.2, 0) is 0 Å². The largest absolute Gasteiger partial charge is 0.478 e. The van der Waals surface area contributed by atoms with E-state index in [0.29, 0.717) is 6.07 Å². The van der Waals surface area contributed by atoms with Gasteiger partial charge in [0.1, 0.15) is 0 Å². The fraction of sp³-hybridized carbons (Fsp3) is 0. The molecule has 0 aliphatic heterocycles. The Hall–Kier alpha value is -1.23. The minimum Gasteiger partial charge on any atom is -0.478 e. The van der Waals surface area contributed by atoms with E-state index in [1.807, 2.05) is 0 Å². The SMILES string of the molecule is O=C(O)c1cc(Cl)c(F)c(F)c1F. The minimum atomic E-state index is -1.88. The molecule has 70 valence electrons. The van der Waals surface area contributed by atoms with E-state index in [4.69, 9.17) is 16.7 Å². The summed E-state index contributed by atoms with van der Waals surface area (Å²) < 4.78 is 37.6. The lowest BCUT2D eigenvalue weighted by atomic mass is 10.2. The molecule has 1 rings (SSSR count). The van der Waals surface area contributed by atoms with Crippen LogP contribution in [0.25, 0.3) is 0 Å². The highest BCUT2D eigenvalue weighted by Crippen LogP contribution is 2.23. The highest BCUT2D eigenvalue weighted by molar-refractivity contribution is 6.31. The molecule has 2 nitrogen and oxygen atoms in total. The Morgan fingerprint density at radius 2 is 1.77 bits per heavy atom. The maximum Gasteiger partial charge on any atom is 0.338 e. The van der Waals surface area contributed by atoms with E-state index in [9.17, 15) is 18.0 Å². The second-order valence-electron chi connectivity index (χ2n) is 2.15. The van der Waals surface area contributed by atoms with Gasteiger partial charge in [-0.2, -0.15) is 0 Å². The van der Waals surface area contributed by atoms with Crippen molar-refractivity contribution in [2.75, 3.05) is 0 Å². The van der Waals surface area contributed by atoms with Crippen molar-refractivity contribution in [3.8, 4) is 0 Å². The van der Waals surface area contributed by atoms with E-state index < -0.39 is 34.0 Å². The summed E-state index contributed by atoms with van der Waals surface area (Å²) >= 11 is 5.09. The zero-order valence-corrected chi connectivity index (χ0v) is 6.70. The van der Waals surface area contributed by atoms with Crippen molar-refractivity contribution in [3.63, 3.8) is 0 Å². The summed E-state index contributed by atoms with van der Waals surface area (Å²) in [5.74, 6) is -6.94. The Morgan fingerprint density at radius 3 is 2.23 bits per heavy atom. The molecule has 0 saturated heterocycles. The number of carboxylic acid groups (broad SMARTS) is 1. The Kier molecular flexibility index (Phi) is 2.47. The highest BCUT2D eigenvalue weighted by Gasteiger charge is 2.21. The second-order valence-corrected chi connectivity index (χ2v) is 2.56. The van der Waals surface area contributed by atoms with Crippen LogP contribution >= 0.6 is 11.6 Å². The van der Waals surface area contributed by atoms with E-state index in [0.717, 1.165) is 0 Å². The van der Waals surface area contributed by atoms with Crippen molar-refractivity contribution in [2.24, 2.45) is 0 Å². The molecule has 0 aliphatic carbocycles. The molecule has 0 radical (unpaired) electrons. The smallest absolute Gasteiger partial charge is 0.338 e. The van der Waals surface area contributed by atoms with Gasteiger partial charge in [-0.3, -0.25) is 0 Å². The molecule has 1 aromatic carbocycles. The standard InChI is InChI=1S/C7H2ClF3O2/c8-3-1-2(7(12)13)4(9)6(11)5(3)10/h1H,(H,12,13). The van der Waals surface area contributed by atoms with E-state index in [1.54, 1.807) is 0 Å². The molecule has 0 spiro atoms. The number of aromatic carboxylic acids is 1. The number of carbonyl (C=O) groups is 1. The first kappa shape index (κ1) is 9.85. The normalized spacial score (nSPS) is 10.2. The lowest BCUT2D eigenvalue weighted by Gasteiger charge is -2.01. The van der Waals surface area contributed by atoms with Crippen LogP contribution in [0.5, 0.6) is 0 Å². The molecular weight excluding hydrogens is 209 g/mol. The third-order valence-corrected chi connectivity index (χ3v) is 1.61. The molecule has 0 bridgehead atoms. The first-order chi connectivity index (χ1) is 5.95. The summed E-state index contributed by atoms with van der Waals surface area (Å²) in [7, 11) is 0. The molecule has 0 fully saturated rings. The molecule has 13 heavy (non-hydrogen) atoms. The minimum absolute atomic E-state index is 0.512. The Bertz CT molecular complexity index is 378. The molecular formula is C7H2ClF3O2. The monoisotopic (exact) mass is 210 g/mol. The van der Waals surface area contributed by atoms with Gasteiger partial charge in [-0.05, 0) is 6.07 Å². The van der Waals surface area contributed by atoms with E-state index >= 15 is 0 Å². The molecule has 0 heterocycles. The topological polar surface area (TPSA) is 37.3 Å². The van der Waals surface area contributed by atoms with Gasteiger partial charge in [-0.15, -0.1) is 0 Å². The van der Waals surface area contributed by atoms with Gasteiger partial charge >= 0.3 is 5.97 Å². The van der Waals surface area contributed by atoms with E-state index in [1.165, 1.54) is 0 Å². The maximum absolute atomic E-state index is 12.6. The van der Waals surface area contributed by atoms with Crippen LogP contribution in [0.3, 0.4) is 0 Å². The van der Waals surface area contributed by atoms with Gasteiger partial charge in [0, 0.05) is 0 Å². The fourth-order valence-corrected chi connectivity index (χ4v) is 0.921. The third-order valence-electron chi connectivity index (χ3n) is 1.33. The summed E-state index contributed by atoms with van der Waals surface area (Å²) in [4.78, 5) is 10.2. The molecule has 1 N–H and O–H groups in total. The van der Waals surface area contributed by atoms with Gasteiger partial charge in [0.15, 0.2) is 17.5 Å². The number of benzene rings is 1. The highest BCUT2D eigenvalue weighted by atomic mass is 35.5. The van der Waals surface area contributed by atoms with Crippen LogP contribution in [0.1, 0.15) is 10.4 Å². The number of rotatable bonds is 1. The molecule has 0 saturated carbocycles. The molecule has 6 heteroatoms. The first-order valence-corrected chi connectivity index (χ1v) is 3.39. The van der Waals surface area contributed by atoms with Crippen LogP contribution < -0.4 is 0 Å². The van der Waals surface area contributed by atoms with Gasteiger partial charge < -0.3 is 5.11 Å². The lowest BCUT2D eigenvalue weighted by molar-refractivity contribution is 0.0690. The molecule has 0 atom stereocenters. The summed E-state index contributed by atoms with van der Waals surface area (Å²) in [5.41, 5.74) is -0.996. The van der Waals surface area contributed by atoms with Crippen molar-refractivity contribution >= 4 is 17.6 Å². The maximum atomic E-state index is 12.6. The van der Waals surface area contributed by atoms with Crippen LogP contribution in [-0.4, -0.2) is 11.1 Å². The Labute approximate surface area is 75.6 Å². The molecule has 0 amide bonds. The van der Waals surface area contributed by atoms with Gasteiger partial charge in [0.25, 0.3) is 0 Å². The Balaban J connectivity index is 3.50. The number of halogens is 4. The first-order valence-electron chi connectivity index (χ1n) is 3.01. The van der Waals surface area contributed by atoms with Crippen molar-refractivity contribution in [1.29, 1.82) is 0 Å². The lowest BCUT2D eigenvalue weighted by Crippen LogP contribution is -2.05. The van der Waals surface area contributed by atoms with Gasteiger partial charge in [0.05, 0.1) is 10.6 Å². The van der Waals surface area contributed by atoms with Crippen molar-refractivity contribution in [2.45, 2.75) is 0 Å². The van der Waals surface area contributed by atoms with Crippen LogP contribution in [0.15, 0.2) is 6.07 Å². The number of hydrogen-bond donors (Lipinski definition) is 1. The van der Waals surface area contributed by atoms with Crippen LogP contribution in [0.4, 0.5) is 13.2 Å². The van der Waals surface area contributed by atoms with Crippen molar-refractivity contribution in [1.82, 2.24) is 0 Å². The van der Waals surface area contributed by atoms with Crippen molar-refractivity contribution in [3.05, 3.63) is 34.1 Å². The average molecular weight is 211 g/mol. The van der Waals surface area contributed by atoms with Gasteiger partial charge in [0.2, 0.25) is 0 Å². The summed E-state index contributed by atoms with van der Waals surface area (Å²) in [6, 6.07) is 0.512. The van der Waals surface area contributed by atoms with E-state index in [-0.39, 0.29) is 0 Å². The summed E-state index contributed by atoms with van der Waals surface area (Å²) in [6.07, 6.45) is 0. The second kappa shape index (κ2) is 3.26. The summed E-state index contributed by atoms with van der Waals surface area (Å²) in [6.45, 7) is 0. The van der Waals surface area contributed by atoms with Gasteiger partial charge in [-0.25, -0.2) is 18.0 Å². The quantitative estimate of drug-likeness (QED) is 0.571. The number of hydrogen-bond acceptors (Lipinski definition) is 1. The number of carboxylic acids is 1. The van der Waals surface area contributed by atoms with Crippen LogP contribution in [0.2, 0.25) is 5.02 Å². The zero-order valence-electron chi connectivity index (χ0n) is 5.94. The third kappa shape index (κ3) is 1.60. The fourth-order valence-electron chi connectivity index (χ4n) is 0.728. The summed E-state index contributed by atoms with van der Waals surface area (Å²) in [5, 5.41) is 7.55. The molecule has 0 aliphatic rings. The molecule has 0 aromatic heterocycles. The zero-order chi connectivity index (χ0) is 10.2. The average Bonchev–Trinajstić information content (AvgIpc) is 2.07. The molecule has 1 aromatic rings. The predicted molar refractivity (Wildman–Crippen MR) is 38.3 cm³/mol.